The fraction of sp³-hybridized carbons (Fsp3) is 0.750. The van der Waals surface area contributed by atoms with Gasteiger partial charge in [0.15, 0.2) is 0 Å². The minimum Gasteiger partial charge on any atom is -0.151 e. The van der Waals surface area contributed by atoms with E-state index in [-0.39, 0.29) is 0 Å². The lowest BCUT2D eigenvalue weighted by Crippen LogP contribution is -1.85. The topological polar surface area (TPSA) is 0 Å². The van der Waals surface area contributed by atoms with Gasteiger partial charge in [0.1, 0.15) is 0 Å². The summed E-state index contributed by atoms with van der Waals surface area (Å²) < 4.78 is 0. The zero-order valence-electron chi connectivity index (χ0n) is 3.52. The van der Waals surface area contributed by atoms with E-state index < -0.39 is 0 Å². The molecule has 1 heterocycles. The molecule has 1 rings (SSSR count). The largest absolute Gasteiger partial charge is 0.151 e. The van der Waals surface area contributed by atoms with Gasteiger partial charge >= 0.3 is 0 Å². The summed E-state index contributed by atoms with van der Waals surface area (Å²) in [5.41, 5.74) is 0. The highest BCUT2D eigenvalue weighted by Crippen LogP contribution is 2.23. The van der Waals surface area contributed by atoms with Crippen LogP contribution < -0.4 is 0 Å². The van der Waals surface area contributed by atoms with Crippen LogP contribution in [-0.4, -0.2) is 10.8 Å². The van der Waals surface area contributed by atoms with Crippen LogP contribution >= 0.6 is 23.5 Å². The van der Waals surface area contributed by atoms with Crippen LogP contribution in [0.5, 0.6) is 0 Å². The molecule has 1 radical (unpaired) electrons. The average molecular weight is 119 g/mol. The maximum atomic E-state index is 2.29. The quantitative estimate of drug-likeness (QED) is 0.478. The van der Waals surface area contributed by atoms with Crippen LogP contribution in [0, 0.1) is 5.75 Å². The molecule has 35 valence electrons. The molecule has 1 fully saturated rings. The molecule has 0 aromatic carbocycles. The molecule has 1 aliphatic heterocycles. The van der Waals surface area contributed by atoms with E-state index in [9.17, 15) is 0 Å². The van der Waals surface area contributed by atoms with Crippen LogP contribution in [0.2, 0.25) is 0 Å². The van der Waals surface area contributed by atoms with E-state index in [4.69, 9.17) is 0 Å². The molecule has 0 atom stereocenters. The van der Waals surface area contributed by atoms with Gasteiger partial charge in [0.05, 0.1) is 0 Å². The lowest BCUT2D eigenvalue weighted by atomic mass is 10.6. The molecule has 0 saturated carbocycles. The predicted octanol–water partition coefficient (Wildman–Crippen LogP) is 1.98. The second-order valence-corrected chi connectivity index (χ2v) is 3.57. The maximum absolute atomic E-state index is 2.29. The third-order valence-electron chi connectivity index (χ3n) is 0.649. The van der Waals surface area contributed by atoms with Gasteiger partial charge in [0.25, 0.3) is 0 Å². The second kappa shape index (κ2) is 2.80. The Balaban J connectivity index is 2.00. The highest BCUT2D eigenvalue weighted by molar-refractivity contribution is 8.17. The van der Waals surface area contributed by atoms with Gasteiger partial charge in [-0.25, -0.2) is 0 Å². The Morgan fingerprint density at radius 2 is 2.50 bits per heavy atom. The molecule has 0 N–H and O–H groups in total. The van der Waals surface area contributed by atoms with Gasteiger partial charge in [-0.05, 0) is 12.2 Å². The van der Waals surface area contributed by atoms with Crippen molar-refractivity contribution < 1.29 is 0 Å². The average Bonchev–Trinajstić information content (AvgIpc) is 1.72. The first kappa shape index (κ1) is 4.85. The normalized spacial score (nSPS) is 24.0. The van der Waals surface area contributed by atoms with Crippen molar-refractivity contribution in [3.8, 4) is 0 Å². The standard InChI is InChI=1S/C4H7S2/c1-2-5-4-6-3-1/h2H,1,3-4H2. The lowest BCUT2D eigenvalue weighted by molar-refractivity contribution is 1.21. The molecule has 0 nitrogen and oxygen atoms in total. The van der Waals surface area contributed by atoms with E-state index in [2.05, 4.69) is 5.75 Å². The number of thioether (sulfide) groups is 2. The van der Waals surface area contributed by atoms with Gasteiger partial charge in [-0.2, -0.15) is 11.8 Å². The van der Waals surface area contributed by atoms with Crippen molar-refractivity contribution >= 4 is 23.5 Å². The van der Waals surface area contributed by atoms with E-state index in [1.165, 1.54) is 17.3 Å². The minimum absolute atomic E-state index is 1.28. The summed E-state index contributed by atoms with van der Waals surface area (Å²) in [4.78, 5) is 0. The van der Waals surface area contributed by atoms with Gasteiger partial charge < -0.3 is 0 Å². The molecule has 0 aromatic heterocycles. The molecule has 0 amide bonds. The first-order chi connectivity index (χ1) is 3.00. The van der Waals surface area contributed by atoms with E-state index in [0.29, 0.717) is 0 Å². The van der Waals surface area contributed by atoms with Crippen molar-refractivity contribution in [3.63, 3.8) is 0 Å². The third-order valence-corrected chi connectivity index (χ3v) is 2.86. The Morgan fingerprint density at radius 3 is 2.67 bits per heavy atom. The number of rotatable bonds is 0. The van der Waals surface area contributed by atoms with Crippen molar-refractivity contribution in [2.75, 3.05) is 10.8 Å². The molecule has 0 aliphatic carbocycles. The number of hydrogen-bond donors (Lipinski definition) is 0. The Morgan fingerprint density at radius 1 is 1.50 bits per heavy atom. The maximum Gasteiger partial charge on any atom is 0.0395 e. The molecule has 1 saturated heterocycles. The zero-order chi connectivity index (χ0) is 4.24. The van der Waals surface area contributed by atoms with Crippen LogP contribution in [0.25, 0.3) is 0 Å². The van der Waals surface area contributed by atoms with Gasteiger partial charge in [-0.1, -0.05) is 0 Å². The van der Waals surface area contributed by atoms with Crippen LogP contribution in [0.3, 0.4) is 0 Å². The zero-order valence-corrected chi connectivity index (χ0v) is 5.15. The first-order valence-corrected chi connectivity index (χ1v) is 4.21. The third kappa shape index (κ3) is 1.43. The van der Waals surface area contributed by atoms with E-state index in [0.717, 1.165) is 0 Å². The SMILES string of the molecule is [CH]1CCSCS1. The Labute approximate surface area is 47.1 Å². The van der Waals surface area contributed by atoms with Crippen LogP contribution in [-0.2, 0) is 0 Å². The van der Waals surface area contributed by atoms with Gasteiger partial charge in [0, 0.05) is 10.8 Å². The van der Waals surface area contributed by atoms with Crippen molar-refractivity contribution in [3.05, 3.63) is 5.75 Å². The van der Waals surface area contributed by atoms with Crippen molar-refractivity contribution in [1.82, 2.24) is 0 Å². The Kier molecular flexibility index (Phi) is 2.27. The van der Waals surface area contributed by atoms with Gasteiger partial charge in [-0.3, -0.25) is 0 Å². The predicted molar refractivity (Wildman–Crippen MR) is 33.8 cm³/mol. The molecular formula is C4H7S2. The monoisotopic (exact) mass is 119 g/mol. The van der Waals surface area contributed by atoms with Gasteiger partial charge in [0.2, 0.25) is 0 Å². The molecule has 0 spiro atoms. The molecule has 2 heteroatoms. The van der Waals surface area contributed by atoms with E-state index in [1.54, 1.807) is 0 Å². The fourth-order valence-electron chi connectivity index (χ4n) is 0.370. The highest BCUT2D eigenvalue weighted by atomic mass is 32.2. The molecule has 6 heavy (non-hydrogen) atoms. The number of hydrogen-bond acceptors (Lipinski definition) is 2. The van der Waals surface area contributed by atoms with Crippen LogP contribution in [0.4, 0.5) is 0 Å². The summed E-state index contributed by atoms with van der Waals surface area (Å²) in [5, 5.41) is 1.28. The van der Waals surface area contributed by atoms with Crippen molar-refractivity contribution in [2.45, 2.75) is 6.42 Å². The molecular weight excluding hydrogens is 112 g/mol. The smallest absolute Gasteiger partial charge is 0.0395 e. The lowest BCUT2D eigenvalue weighted by Gasteiger charge is -2.05. The Bertz CT molecular complexity index is 21.0. The van der Waals surface area contributed by atoms with Crippen molar-refractivity contribution in [2.24, 2.45) is 0 Å². The molecule has 1 aliphatic rings. The minimum atomic E-state index is 1.28. The first-order valence-electron chi connectivity index (χ1n) is 2.01. The molecule has 0 unspecified atom stereocenters. The summed E-state index contributed by atoms with van der Waals surface area (Å²) in [6, 6.07) is 0. The summed E-state index contributed by atoms with van der Waals surface area (Å²) in [6.07, 6.45) is 1.30. The summed E-state index contributed by atoms with van der Waals surface area (Å²) in [7, 11) is 0. The summed E-state index contributed by atoms with van der Waals surface area (Å²) in [6.45, 7) is 0. The van der Waals surface area contributed by atoms with E-state index in [1.807, 2.05) is 23.5 Å². The molecule has 0 aromatic rings. The Hall–Kier alpha value is 0.700. The van der Waals surface area contributed by atoms with Crippen LogP contribution in [0.15, 0.2) is 0 Å². The van der Waals surface area contributed by atoms with Crippen LogP contribution in [0.1, 0.15) is 6.42 Å². The summed E-state index contributed by atoms with van der Waals surface area (Å²) >= 11 is 3.96. The van der Waals surface area contributed by atoms with Gasteiger partial charge in [-0.15, -0.1) is 11.8 Å². The highest BCUT2D eigenvalue weighted by Gasteiger charge is 1.96. The molecule has 0 bridgehead atoms. The fourth-order valence-corrected chi connectivity index (χ4v) is 2.33. The summed E-state index contributed by atoms with van der Waals surface area (Å²) in [5.74, 6) is 3.63. The second-order valence-electron chi connectivity index (χ2n) is 1.15. The van der Waals surface area contributed by atoms with Crippen molar-refractivity contribution in [1.29, 1.82) is 0 Å². The van der Waals surface area contributed by atoms with E-state index >= 15 is 0 Å².